The van der Waals surface area contributed by atoms with Crippen molar-refractivity contribution in [2.75, 3.05) is 36.8 Å². The fourth-order valence-corrected chi connectivity index (χ4v) is 4.22. The number of anilines is 2. The van der Waals surface area contributed by atoms with E-state index in [1.807, 2.05) is 0 Å². The normalized spacial score (nSPS) is 17.4. The predicted molar refractivity (Wildman–Crippen MR) is 79.0 cm³/mol. The van der Waals surface area contributed by atoms with Gasteiger partial charge in [-0.05, 0) is 18.2 Å². The highest BCUT2D eigenvalue weighted by Crippen LogP contribution is 2.28. The Morgan fingerprint density at radius 3 is 2.85 bits per heavy atom. The molecule has 1 aliphatic heterocycles. The van der Waals surface area contributed by atoms with Gasteiger partial charge in [-0.1, -0.05) is 11.3 Å². The summed E-state index contributed by atoms with van der Waals surface area (Å²) in [6, 6.07) is 5.29. The number of ether oxygens (including phenoxy) is 1. The first-order valence-electron chi connectivity index (χ1n) is 6.06. The molecule has 0 saturated carbocycles. The van der Waals surface area contributed by atoms with Crippen molar-refractivity contribution in [1.82, 2.24) is 9.29 Å². The van der Waals surface area contributed by atoms with E-state index in [1.54, 1.807) is 18.2 Å². The minimum absolute atomic E-state index is 0.345. The average Bonchev–Trinajstić information content (AvgIpc) is 2.80. The highest BCUT2D eigenvalue weighted by Gasteiger charge is 2.25. The molecule has 0 bridgehead atoms. The third-order valence-corrected chi connectivity index (χ3v) is 5.50. The molecule has 0 amide bonds. The molecule has 20 heavy (non-hydrogen) atoms. The lowest BCUT2D eigenvalue weighted by atomic mass is 10.3. The van der Waals surface area contributed by atoms with Crippen LogP contribution in [0.3, 0.4) is 0 Å². The molecule has 108 valence electrons. The minimum Gasteiger partial charge on any atom is -0.399 e. The minimum atomic E-state index is -3.57. The van der Waals surface area contributed by atoms with Gasteiger partial charge >= 0.3 is 10.2 Å². The summed E-state index contributed by atoms with van der Waals surface area (Å²) in [4.78, 5) is 4.25. The second-order valence-electron chi connectivity index (χ2n) is 4.36. The van der Waals surface area contributed by atoms with Crippen LogP contribution in [0.2, 0.25) is 0 Å². The van der Waals surface area contributed by atoms with Crippen LogP contribution in [0, 0.1) is 0 Å². The number of rotatable bonds is 3. The molecule has 2 heterocycles. The Balaban J connectivity index is 1.84. The van der Waals surface area contributed by atoms with Gasteiger partial charge < -0.3 is 10.5 Å². The Morgan fingerprint density at radius 2 is 2.10 bits per heavy atom. The Labute approximate surface area is 120 Å². The van der Waals surface area contributed by atoms with Gasteiger partial charge in [0, 0.05) is 18.8 Å². The zero-order chi connectivity index (χ0) is 14.2. The van der Waals surface area contributed by atoms with Gasteiger partial charge in [0.1, 0.15) is 0 Å². The smallest absolute Gasteiger partial charge is 0.303 e. The van der Waals surface area contributed by atoms with Crippen LogP contribution in [-0.2, 0) is 14.9 Å². The maximum absolute atomic E-state index is 12.2. The SMILES string of the molecule is Nc1ccc2nc(NS(=O)(=O)N3CCOCC3)sc2c1. The van der Waals surface area contributed by atoms with Crippen LogP contribution in [-0.4, -0.2) is 44.0 Å². The first kappa shape index (κ1) is 13.6. The van der Waals surface area contributed by atoms with Crippen LogP contribution >= 0.6 is 11.3 Å². The number of morpholine rings is 1. The van der Waals surface area contributed by atoms with Gasteiger partial charge in [0.05, 0.1) is 23.4 Å². The number of fused-ring (bicyclic) bond motifs is 1. The third-order valence-electron chi connectivity index (χ3n) is 2.94. The van der Waals surface area contributed by atoms with Gasteiger partial charge in [-0.25, -0.2) is 9.71 Å². The van der Waals surface area contributed by atoms with E-state index < -0.39 is 10.2 Å². The van der Waals surface area contributed by atoms with E-state index in [1.165, 1.54) is 15.6 Å². The van der Waals surface area contributed by atoms with Crippen molar-refractivity contribution in [3.63, 3.8) is 0 Å². The van der Waals surface area contributed by atoms with Crippen LogP contribution < -0.4 is 10.5 Å². The van der Waals surface area contributed by atoms with Gasteiger partial charge in [0.15, 0.2) is 5.13 Å². The second-order valence-corrected chi connectivity index (χ2v) is 7.07. The summed E-state index contributed by atoms with van der Waals surface area (Å²) in [6.07, 6.45) is 0. The molecule has 7 nitrogen and oxygen atoms in total. The summed E-state index contributed by atoms with van der Waals surface area (Å²) < 4.78 is 34.3. The van der Waals surface area contributed by atoms with E-state index in [0.717, 1.165) is 10.2 Å². The van der Waals surface area contributed by atoms with Crippen molar-refractivity contribution in [2.24, 2.45) is 0 Å². The number of aromatic nitrogens is 1. The Morgan fingerprint density at radius 1 is 1.35 bits per heavy atom. The van der Waals surface area contributed by atoms with Crippen molar-refractivity contribution in [2.45, 2.75) is 0 Å². The van der Waals surface area contributed by atoms with Gasteiger partial charge in [0.2, 0.25) is 0 Å². The fourth-order valence-electron chi connectivity index (χ4n) is 1.95. The molecule has 2 aromatic rings. The van der Waals surface area contributed by atoms with E-state index in [4.69, 9.17) is 10.5 Å². The molecule has 1 saturated heterocycles. The molecule has 1 aromatic heterocycles. The maximum Gasteiger partial charge on any atom is 0.303 e. The number of nitrogens with zero attached hydrogens (tertiary/aromatic N) is 2. The van der Waals surface area contributed by atoms with Gasteiger partial charge in [-0.3, -0.25) is 0 Å². The maximum atomic E-state index is 12.2. The zero-order valence-electron chi connectivity index (χ0n) is 10.6. The van der Waals surface area contributed by atoms with Crippen LogP contribution in [0.5, 0.6) is 0 Å². The van der Waals surface area contributed by atoms with Crippen LogP contribution in [0.15, 0.2) is 18.2 Å². The molecule has 0 radical (unpaired) electrons. The lowest BCUT2D eigenvalue weighted by Gasteiger charge is -2.25. The van der Waals surface area contributed by atoms with E-state index in [2.05, 4.69) is 9.71 Å². The topological polar surface area (TPSA) is 97.5 Å². The number of nitrogens with two attached hydrogens (primary N) is 1. The van der Waals surface area contributed by atoms with Crippen molar-refractivity contribution in [3.8, 4) is 0 Å². The highest BCUT2D eigenvalue weighted by molar-refractivity contribution is 7.90. The molecule has 3 N–H and O–H groups in total. The number of nitrogens with one attached hydrogen (secondary N) is 1. The number of thiazole rings is 1. The number of hydrogen-bond donors (Lipinski definition) is 2. The van der Waals surface area contributed by atoms with Crippen LogP contribution in [0.1, 0.15) is 0 Å². The zero-order valence-corrected chi connectivity index (χ0v) is 12.2. The highest BCUT2D eigenvalue weighted by atomic mass is 32.2. The summed E-state index contributed by atoms with van der Waals surface area (Å²) in [6.45, 7) is 1.54. The molecule has 1 fully saturated rings. The monoisotopic (exact) mass is 314 g/mol. The average molecular weight is 314 g/mol. The lowest BCUT2D eigenvalue weighted by Crippen LogP contribution is -2.43. The molecule has 0 spiro atoms. The molecule has 1 aromatic carbocycles. The first-order chi connectivity index (χ1) is 9.54. The van der Waals surface area contributed by atoms with Crippen LogP contribution in [0.4, 0.5) is 10.8 Å². The van der Waals surface area contributed by atoms with E-state index in [9.17, 15) is 8.42 Å². The van der Waals surface area contributed by atoms with E-state index >= 15 is 0 Å². The molecule has 3 rings (SSSR count). The Hall–Kier alpha value is -1.42. The molecule has 0 aliphatic carbocycles. The number of benzene rings is 1. The molecule has 9 heteroatoms. The van der Waals surface area contributed by atoms with Crippen molar-refractivity contribution < 1.29 is 13.2 Å². The van der Waals surface area contributed by atoms with Crippen LogP contribution in [0.25, 0.3) is 10.2 Å². The Kier molecular flexibility index (Phi) is 3.50. The third kappa shape index (κ3) is 2.70. The first-order valence-corrected chi connectivity index (χ1v) is 8.32. The lowest BCUT2D eigenvalue weighted by molar-refractivity contribution is 0.0733. The largest absolute Gasteiger partial charge is 0.399 e. The summed E-state index contributed by atoms with van der Waals surface area (Å²) in [5.74, 6) is 0. The molecule has 0 unspecified atom stereocenters. The van der Waals surface area contributed by atoms with Crippen molar-refractivity contribution in [1.29, 1.82) is 0 Å². The molecule has 1 aliphatic rings. The van der Waals surface area contributed by atoms with Gasteiger partial charge in [-0.2, -0.15) is 12.7 Å². The van der Waals surface area contributed by atoms with Crippen molar-refractivity contribution in [3.05, 3.63) is 18.2 Å². The summed E-state index contributed by atoms with van der Waals surface area (Å²) in [5.41, 5.74) is 7.05. The van der Waals surface area contributed by atoms with Gasteiger partial charge in [-0.15, -0.1) is 0 Å². The molecular formula is C11H14N4O3S2. The quantitative estimate of drug-likeness (QED) is 0.819. The van der Waals surface area contributed by atoms with Gasteiger partial charge in [0.25, 0.3) is 0 Å². The molecular weight excluding hydrogens is 300 g/mol. The number of hydrogen-bond acceptors (Lipinski definition) is 6. The number of nitrogen functional groups attached to an aromatic ring is 1. The standard InChI is InChI=1S/C11H14N4O3S2/c12-8-1-2-9-10(7-8)19-11(13-9)14-20(16,17)15-3-5-18-6-4-15/h1-2,7H,3-6,12H2,(H,13,14). The van der Waals surface area contributed by atoms with E-state index in [0.29, 0.717) is 37.1 Å². The van der Waals surface area contributed by atoms with E-state index in [-0.39, 0.29) is 0 Å². The predicted octanol–water partition coefficient (Wildman–Crippen LogP) is 0.867. The Bertz CT molecular complexity index is 722. The fraction of sp³-hybridized carbons (Fsp3) is 0.364. The summed E-state index contributed by atoms with van der Waals surface area (Å²) in [5, 5.41) is 0.345. The van der Waals surface area contributed by atoms with Crippen molar-refractivity contribution >= 4 is 42.6 Å². The second kappa shape index (κ2) is 5.17. The molecule has 0 atom stereocenters. The summed E-state index contributed by atoms with van der Waals surface area (Å²) >= 11 is 1.26. The summed E-state index contributed by atoms with van der Waals surface area (Å²) in [7, 11) is -3.57.